The van der Waals surface area contributed by atoms with Crippen molar-refractivity contribution in [1.29, 1.82) is 0 Å². The number of nitrogens with zero attached hydrogens (tertiary/aromatic N) is 1. The van der Waals surface area contributed by atoms with Gasteiger partial charge in [-0.05, 0) is 19.8 Å². The Balaban J connectivity index is 2.43. The maximum Gasteiger partial charge on any atom is 0.0816 e. The predicted molar refractivity (Wildman–Crippen MR) is 58.0 cm³/mol. The standard InChI is InChI=1S/C12H19N/c1-3-4-8-11(2)13-12-9-6-5-7-10-12/h12H,3,5-7,9-10H2,1-2H3. The average Bonchev–Trinajstić information content (AvgIpc) is 2.16. The van der Waals surface area contributed by atoms with E-state index >= 15 is 0 Å². The second kappa shape index (κ2) is 5.80. The minimum absolute atomic E-state index is 0.569. The van der Waals surface area contributed by atoms with E-state index in [0.29, 0.717) is 6.04 Å². The summed E-state index contributed by atoms with van der Waals surface area (Å²) in [5.74, 6) is 6.14. The van der Waals surface area contributed by atoms with Crippen LogP contribution in [0.5, 0.6) is 0 Å². The van der Waals surface area contributed by atoms with Crippen molar-refractivity contribution in [1.82, 2.24) is 0 Å². The van der Waals surface area contributed by atoms with E-state index in [2.05, 4.69) is 23.8 Å². The molecule has 1 rings (SSSR count). The predicted octanol–water partition coefficient (Wildman–Crippen LogP) is 3.19. The van der Waals surface area contributed by atoms with Crippen LogP contribution in [0, 0.1) is 11.8 Å². The molecule has 1 aliphatic rings. The van der Waals surface area contributed by atoms with Crippen LogP contribution in [0.2, 0.25) is 0 Å². The van der Waals surface area contributed by atoms with Gasteiger partial charge in [0.15, 0.2) is 0 Å². The van der Waals surface area contributed by atoms with Crippen molar-refractivity contribution in [3.05, 3.63) is 0 Å². The van der Waals surface area contributed by atoms with E-state index in [4.69, 9.17) is 0 Å². The molecular weight excluding hydrogens is 158 g/mol. The van der Waals surface area contributed by atoms with Gasteiger partial charge in [-0.25, -0.2) is 0 Å². The third-order valence-corrected chi connectivity index (χ3v) is 2.40. The molecule has 0 saturated heterocycles. The summed E-state index contributed by atoms with van der Waals surface area (Å²) in [6.45, 7) is 4.10. The van der Waals surface area contributed by atoms with Gasteiger partial charge in [0.2, 0.25) is 0 Å². The van der Waals surface area contributed by atoms with Gasteiger partial charge in [0.05, 0.1) is 11.8 Å². The van der Waals surface area contributed by atoms with Crippen LogP contribution in [0.1, 0.15) is 52.4 Å². The van der Waals surface area contributed by atoms with E-state index in [9.17, 15) is 0 Å². The molecule has 0 N–H and O–H groups in total. The maximum absolute atomic E-state index is 4.62. The molecule has 0 amide bonds. The zero-order chi connectivity index (χ0) is 9.52. The van der Waals surface area contributed by atoms with Crippen LogP contribution in [0.25, 0.3) is 0 Å². The molecule has 0 atom stereocenters. The first kappa shape index (κ1) is 10.3. The highest BCUT2D eigenvalue weighted by atomic mass is 14.8. The lowest BCUT2D eigenvalue weighted by Crippen LogP contribution is -2.11. The van der Waals surface area contributed by atoms with Gasteiger partial charge in [0, 0.05) is 6.42 Å². The summed E-state index contributed by atoms with van der Waals surface area (Å²) in [5.41, 5.74) is 1.02. The van der Waals surface area contributed by atoms with Crippen molar-refractivity contribution >= 4 is 5.71 Å². The van der Waals surface area contributed by atoms with Crippen molar-refractivity contribution in [3.63, 3.8) is 0 Å². The van der Waals surface area contributed by atoms with E-state index in [1.165, 1.54) is 32.1 Å². The topological polar surface area (TPSA) is 12.4 Å². The van der Waals surface area contributed by atoms with Crippen molar-refractivity contribution in [2.45, 2.75) is 58.4 Å². The molecule has 1 heteroatoms. The first-order valence-electron chi connectivity index (χ1n) is 5.36. The van der Waals surface area contributed by atoms with Crippen LogP contribution in [0.4, 0.5) is 0 Å². The van der Waals surface area contributed by atoms with Crippen molar-refractivity contribution in [2.24, 2.45) is 4.99 Å². The molecule has 1 aliphatic carbocycles. The average molecular weight is 177 g/mol. The summed E-state index contributed by atoms with van der Waals surface area (Å²) in [6, 6.07) is 0.569. The van der Waals surface area contributed by atoms with E-state index < -0.39 is 0 Å². The van der Waals surface area contributed by atoms with Crippen molar-refractivity contribution < 1.29 is 0 Å². The van der Waals surface area contributed by atoms with Gasteiger partial charge < -0.3 is 0 Å². The van der Waals surface area contributed by atoms with Gasteiger partial charge >= 0.3 is 0 Å². The number of rotatable bonds is 1. The molecule has 0 heterocycles. The Morgan fingerprint density at radius 2 is 2.00 bits per heavy atom. The first-order valence-corrected chi connectivity index (χ1v) is 5.36. The zero-order valence-corrected chi connectivity index (χ0v) is 8.77. The lowest BCUT2D eigenvalue weighted by molar-refractivity contribution is 0.443. The van der Waals surface area contributed by atoms with Gasteiger partial charge in [-0.3, -0.25) is 4.99 Å². The van der Waals surface area contributed by atoms with Gasteiger partial charge in [-0.15, -0.1) is 0 Å². The molecule has 0 unspecified atom stereocenters. The summed E-state index contributed by atoms with van der Waals surface area (Å²) < 4.78 is 0. The Morgan fingerprint density at radius 3 is 2.62 bits per heavy atom. The van der Waals surface area contributed by atoms with Crippen LogP contribution >= 0.6 is 0 Å². The summed E-state index contributed by atoms with van der Waals surface area (Å²) in [4.78, 5) is 4.62. The van der Waals surface area contributed by atoms with Crippen molar-refractivity contribution in [3.8, 4) is 11.8 Å². The van der Waals surface area contributed by atoms with E-state index in [1.807, 2.05) is 6.92 Å². The molecule has 0 aromatic heterocycles. The molecule has 0 aromatic rings. The highest BCUT2D eigenvalue weighted by Crippen LogP contribution is 2.20. The second-order valence-corrected chi connectivity index (χ2v) is 3.66. The molecule has 1 fully saturated rings. The summed E-state index contributed by atoms with van der Waals surface area (Å²) in [7, 11) is 0. The fourth-order valence-electron chi connectivity index (χ4n) is 1.73. The molecule has 0 radical (unpaired) electrons. The molecule has 0 aliphatic heterocycles. The minimum Gasteiger partial charge on any atom is -0.278 e. The molecule has 13 heavy (non-hydrogen) atoms. The van der Waals surface area contributed by atoms with Gasteiger partial charge in [0.25, 0.3) is 0 Å². The lowest BCUT2D eigenvalue weighted by Gasteiger charge is -2.17. The Kier molecular flexibility index (Phi) is 4.60. The first-order chi connectivity index (χ1) is 6.33. The van der Waals surface area contributed by atoms with Crippen LogP contribution in [-0.2, 0) is 0 Å². The summed E-state index contributed by atoms with van der Waals surface area (Å²) in [6.07, 6.45) is 7.56. The normalized spacial score (nSPS) is 19.4. The third-order valence-electron chi connectivity index (χ3n) is 2.40. The fraction of sp³-hybridized carbons (Fsp3) is 0.750. The molecule has 0 aromatic carbocycles. The molecule has 1 nitrogen and oxygen atoms in total. The SMILES string of the molecule is CCC#CC(C)=NC1CCCCC1. The van der Waals surface area contributed by atoms with E-state index in [1.54, 1.807) is 0 Å². The Labute approximate surface area is 81.6 Å². The van der Waals surface area contributed by atoms with Crippen LogP contribution in [-0.4, -0.2) is 11.8 Å². The molecular formula is C12H19N. The fourth-order valence-corrected chi connectivity index (χ4v) is 1.73. The lowest BCUT2D eigenvalue weighted by atomic mass is 9.96. The summed E-state index contributed by atoms with van der Waals surface area (Å²) in [5, 5.41) is 0. The van der Waals surface area contributed by atoms with Gasteiger partial charge in [-0.1, -0.05) is 38.0 Å². The van der Waals surface area contributed by atoms with Crippen LogP contribution in [0.15, 0.2) is 4.99 Å². The largest absolute Gasteiger partial charge is 0.278 e. The molecule has 1 saturated carbocycles. The summed E-state index contributed by atoms with van der Waals surface area (Å²) >= 11 is 0. The van der Waals surface area contributed by atoms with Gasteiger partial charge in [-0.2, -0.15) is 0 Å². The zero-order valence-electron chi connectivity index (χ0n) is 8.77. The third kappa shape index (κ3) is 4.12. The Hall–Kier alpha value is -0.770. The van der Waals surface area contributed by atoms with Gasteiger partial charge in [0.1, 0.15) is 0 Å². The van der Waals surface area contributed by atoms with E-state index in [0.717, 1.165) is 12.1 Å². The smallest absolute Gasteiger partial charge is 0.0816 e. The minimum atomic E-state index is 0.569. The Bertz CT molecular complexity index is 223. The van der Waals surface area contributed by atoms with Crippen molar-refractivity contribution in [2.75, 3.05) is 0 Å². The van der Waals surface area contributed by atoms with Crippen LogP contribution < -0.4 is 0 Å². The quantitative estimate of drug-likeness (QED) is 0.431. The monoisotopic (exact) mass is 177 g/mol. The van der Waals surface area contributed by atoms with E-state index in [-0.39, 0.29) is 0 Å². The number of hydrogen-bond acceptors (Lipinski definition) is 1. The highest BCUT2D eigenvalue weighted by Gasteiger charge is 2.11. The highest BCUT2D eigenvalue weighted by molar-refractivity contribution is 5.98. The maximum atomic E-state index is 4.62. The molecule has 0 spiro atoms. The molecule has 0 bridgehead atoms. The number of aliphatic imine (C=N–C) groups is 1. The Morgan fingerprint density at radius 1 is 1.31 bits per heavy atom. The molecule has 72 valence electrons. The second-order valence-electron chi connectivity index (χ2n) is 3.66. The van der Waals surface area contributed by atoms with Crippen LogP contribution in [0.3, 0.4) is 0 Å². The number of hydrogen-bond donors (Lipinski definition) is 0.